The Labute approximate surface area is 151 Å². The van der Waals surface area contributed by atoms with Gasteiger partial charge in [0.1, 0.15) is 11.5 Å². The highest BCUT2D eigenvalue weighted by Crippen LogP contribution is 2.27. The number of nitrogens with two attached hydrogens (primary N) is 1. The van der Waals surface area contributed by atoms with Crippen molar-refractivity contribution < 1.29 is 23.9 Å². The number of ether oxygens (including phenoxy) is 2. The third kappa shape index (κ3) is 5.09. The molecule has 9 heteroatoms. The molecule has 1 atom stereocenters. The summed E-state index contributed by atoms with van der Waals surface area (Å²) in [5.74, 6) is 0.0541. The number of benzene rings is 1. The van der Waals surface area contributed by atoms with Crippen LogP contribution in [0.2, 0.25) is 0 Å². The van der Waals surface area contributed by atoms with E-state index in [0.717, 1.165) is 5.56 Å². The molecular formula is C17H24N4O5. The minimum absolute atomic E-state index is 0.0580. The first-order valence-corrected chi connectivity index (χ1v) is 8.22. The largest absolute Gasteiger partial charge is 0.497 e. The average molecular weight is 364 g/mol. The van der Waals surface area contributed by atoms with Crippen LogP contribution in [0.3, 0.4) is 0 Å². The summed E-state index contributed by atoms with van der Waals surface area (Å²) in [5, 5.41) is 5.17. The molecule has 3 amide bonds. The SMILES string of the molecule is COc1ccc(CN2CCNC(=O)C2CC(=O)NCC(N)=O)c(OC)c1. The Hall–Kier alpha value is -2.81. The van der Waals surface area contributed by atoms with Gasteiger partial charge in [-0.15, -0.1) is 0 Å². The molecule has 0 bridgehead atoms. The van der Waals surface area contributed by atoms with Crippen LogP contribution in [0.15, 0.2) is 18.2 Å². The van der Waals surface area contributed by atoms with E-state index in [9.17, 15) is 14.4 Å². The number of nitrogens with one attached hydrogen (secondary N) is 2. The molecule has 1 fully saturated rings. The van der Waals surface area contributed by atoms with E-state index in [1.54, 1.807) is 20.3 Å². The molecule has 2 rings (SSSR count). The van der Waals surface area contributed by atoms with Crippen LogP contribution in [0.25, 0.3) is 0 Å². The topological polar surface area (TPSA) is 123 Å². The zero-order chi connectivity index (χ0) is 19.1. The molecule has 0 saturated carbocycles. The third-order valence-electron chi connectivity index (χ3n) is 4.15. The van der Waals surface area contributed by atoms with Gasteiger partial charge in [0.15, 0.2) is 0 Å². The van der Waals surface area contributed by atoms with Crippen molar-refractivity contribution in [2.45, 2.75) is 19.0 Å². The van der Waals surface area contributed by atoms with Crippen LogP contribution in [-0.2, 0) is 20.9 Å². The summed E-state index contributed by atoms with van der Waals surface area (Å²) in [6.45, 7) is 1.28. The molecule has 1 aromatic carbocycles. The lowest BCUT2D eigenvalue weighted by atomic mass is 10.1. The highest BCUT2D eigenvalue weighted by molar-refractivity contribution is 5.90. The van der Waals surface area contributed by atoms with E-state index in [4.69, 9.17) is 15.2 Å². The summed E-state index contributed by atoms with van der Waals surface area (Å²) in [7, 11) is 3.14. The van der Waals surface area contributed by atoms with Gasteiger partial charge in [-0.25, -0.2) is 0 Å². The standard InChI is InChI=1S/C17H24N4O5/c1-25-12-4-3-11(14(7-12)26-2)10-21-6-5-19-17(24)13(21)8-16(23)20-9-15(18)22/h3-4,7,13H,5-6,8-10H2,1-2H3,(H2,18,22)(H,19,24)(H,20,23). The Morgan fingerprint density at radius 1 is 1.35 bits per heavy atom. The van der Waals surface area contributed by atoms with Gasteiger partial charge in [-0.1, -0.05) is 6.07 Å². The highest BCUT2D eigenvalue weighted by Gasteiger charge is 2.32. The maximum Gasteiger partial charge on any atom is 0.237 e. The van der Waals surface area contributed by atoms with Crippen LogP contribution in [0, 0.1) is 0 Å². The molecule has 1 aliphatic rings. The van der Waals surface area contributed by atoms with Crippen LogP contribution >= 0.6 is 0 Å². The zero-order valence-corrected chi connectivity index (χ0v) is 14.9. The van der Waals surface area contributed by atoms with Crippen molar-refractivity contribution in [2.75, 3.05) is 33.9 Å². The number of hydrogen-bond donors (Lipinski definition) is 3. The Morgan fingerprint density at radius 2 is 2.12 bits per heavy atom. The van der Waals surface area contributed by atoms with Gasteiger partial charge in [-0.05, 0) is 6.07 Å². The lowest BCUT2D eigenvalue weighted by Gasteiger charge is -2.35. The van der Waals surface area contributed by atoms with E-state index >= 15 is 0 Å². The number of piperazine rings is 1. The van der Waals surface area contributed by atoms with Crippen LogP contribution in [-0.4, -0.2) is 62.5 Å². The first kappa shape index (κ1) is 19.5. The fraction of sp³-hybridized carbons (Fsp3) is 0.471. The number of rotatable bonds is 8. The molecule has 1 aliphatic heterocycles. The van der Waals surface area contributed by atoms with E-state index in [-0.39, 0.29) is 18.9 Å². The van der Waals surface area contributed by atoms with Crippen molar-refractivity contribution in [1.29, 1.82) is 0 Å². The molecule has 1 aromatic rings. The molecule has 1 saturated heterocycles. The summed E-state index contributed by atoms with van der Waals surface area (Å²) in [6, 6.07) is 4.82. The summed E-state index contributed by atoms with van der Waals surface area (Å²) < 4.78 is 10.6. The van der Waals surface area contributed by atoms with Crippen molar-refractivity contribution in [1.82, 2.24) is 15.5 Å². The minimum atomic E-state index is -0.636. The first-order chi connectivity index (χ1) is 12.4. The summed E-state index contributed by atoms with van der Waals surface area (Å²) in [4.78, 5) is 36.9. The second-order valence-corrected chi connectivity index (χ2v) is 5.90. The smallest absolute Gasteiger partial charge is 0.237 e. The van der Waals surface area contributed by atoms with Crippen molar-refractivity contribution in [3.05, 3.63) is 23.8 Å². The second kappa shape index (κ2) is 9.04. The quantitative estimate of drug-likeness (QED) is 0.543. The summed E-state index contributed by atoms with van der Waals surface area (Å²) >= 11 is 0. The highest BCUT2D eigenvalue weighted by atomic mass is 16.5. The Bertz CT molecular complexity index is 679. The van der Waals surface area contributed by atoms with Gasteiger partial charge in [-0.2, -0.15) is 0 Å². The van der Waals surface area contributed by atoms with E-state index in [2.05, 4.69) is 10.6 Å². The molecule has 1 heterocycles. The zero-order valence-electron chi connectivity index (χ0n) is 14.9. The molecule has 0 aliphatic carbocycles. The van der Waals surface area contributed by atoms with Crippen LogP contribution < -0.4 is 25.8 Å². The monoisotopic (exact) mass is 364 g/mol. The Morgan fingerprint density at radius 3 is 2.77 bits per heavy atom. The van der Waals surface area contributed by atoms with Crippen LogP contribution in [0.5, 0.6) is 11.5 Å². The van der Waals surface area contributed by atoms with Gasteiger partial charge in [0.05, 0.1) is 33.2 Å². The normalized spacial score (nSPS) is 17.3. The van der Waals surface area contributed by atoms with Gasteiger partial charge >= 0.3 is 0 Å². The number of nitrogens with zero attached hydrogens (tertiary/aromatic N) is 1. The van der Waals surface area contributed by atoms with Gasteiger partial charge < -0.3 is 25.8 Å². The van der Waals surface area contributed by atoms with Crippen LogP contribution in [0.1, 0.15) is 12.0 Å². The predicted molar refractivity (Wildman–Crippen MR) is 93.6 cm³/mol. The number of carbonyl (C=O) groups excluding carboxylic acids is 3. The average Bonchev–Trinajstić information content (AvgIpc) is 2.63. The summed E-state index contributed by atoms with van der Waals surface area (Å²) in [6.07, 6.45) is -0.0580. The number of amides is 3. The van der Waals surface area contributed by atoms with E-state index < -0.39 is 17.9 Å². The van der Waals surface area contributed by atoms with Crippen LogP contribution in [0.4, 0.5) is 0 Å². The maximum absolute atomic E-state index is 12.2. The van der Waals surface area contributed by atoms with Gasteiger partial charge in [0, 0.05) is 31.3 Å². The number of carbonyl (C=O) groups is 3. The minimum Gasteiger partial charge on any atom is -0.497 e. The summed E-state index contributed by atoms with van der Waals surface area (Å²) in [5.41, 5.74) is 5.90. The molecule has 1 unspecified atom stereocenters. The fourth-order valence-corrected chi connectivity index (χ4v) is 2.81. The van der Waals surface area contributed by atoms with Gasteiger partial charge in [0.2, 0.25) is 17.7 Å². The van der Waals surface area contributed by atoms with E-state index in [1.165, 1.54) is 0 Å². The molecular weight excluding hydrogens is 340 g/mol. The lowest BCUT2D eigenvalue weighted by molar-refractivity contribution is -0.134. The lowest BCUT2D eigenvalue weighted by Crippen LogP contribution is -2.56. The van der Waals surface area contributed by atoms with E-state index in [0.29, 0.717) is 31.1 Å². The van der Waals surface area contributed by atoms with Crippen molar-refractivity contribution >= 4 is 17.7 Å². The van der Waals surface area contributed by atoms with E-state index in [1.807, 2.05) is 17.0 Å². The molecule has 0 aromatic heterocycles. The molecule has 26 heavy (non-hydrogen) atoms. The molecule has 4 N–H and O–H groups in total. The first-order valence-electron chi connectivity index (χ1n) is 8.22. The number of methoxy groups -OCH3 is 2. The Kier molecular flexibility index (Phi) is 6.79. The van der Waals surface area contributed by atoms with Gasteiger partial charge in [0.25, 0.3) is 0 Å². The van der Waals surface area contributed by atoms with Crippen molar-refractivity contribution in [2.24, 2.45) is 5.73 Å². The third-order valence-corrected chi connectivity index (χ3v) is 4.15. The molecule has 0 radical (unpaired) electrons. The fourth-order valence-electron chi connectivity index (χ4n) is 2.81. The number of hydrogen-bond acceptors (Lipinski definition) is 6. The van der Waals surface area contributed by atoms with Gasteiger partial charge in [-0.3, -0.25) is 19.3 Å². The predicted octanol–water partition coefficient (Wildman–Crippen LogP) is -1.00. The second-order valence-electron chi connectivity index (χ2n) is 5.90. The van der Waals surface area contributed by atoms with Crippen molar-refractivity contribution in [3.63, 3.8) is 0 Å². The molecule has 142 valence electrons. The van der Waals surface area contributed by atoms with Crippen molar-refractivity contribution in [3.8, 4) is 11.5 Å². The maximum atomic E-state index is 12.2. The molecule has 9 nitrogen and oxygen atoms in total. The number of primary amides is 1. The molecule has 0 spiro atoms. The Balaban J connectivity index is 2.11.